The maximum absolute atomic E-state index is 12.1. The van der Waals surface area contributed by atoms with Crippen molar-refractivity contribution in [3.8, 4) is 11.5 Å². The van der Waals surface area contributed by atoms with E-state index < -0.39 is 18.0 Å². The van der Waals surface area contributed by atoms with Crippen LogP contribution in [0.2, 0.25) is 5.02 Å². The molecule has 0 aliphatic rings. The molecule has 0 aliphatic heterocycles. The summed E-state index contributed by atoms with van der Waals surface area (Å²) in [5.41, 5.74) is 1.20. The van der Waals surface area contributed by atoms with Crippen LogP contribution in [0.1, 0.15) is 22.8 Å². The number of carbonyl (C=O) groups excluding carboxylic acids is 2. The first-order chi connectivity index (χ1) is 11.4. The molecule has 0 aliphatic carbocycles. The van der Waals surface area contributed by atoms with Crippen LogP contribution in [0.25, 0.3) is 0 Å². The second kappa shape index (κ2) is 7.84. The van der Waals surface area contributed by atoms with E-state index in [0.717, 1.165) is 5.56 Å². The highest BCUT2D eigenvalue weighted by atomic mass is 35.5. The summed E-state index contributed by atoms with van der Waals surface area (Å²) < 4.78 is 15.4. The Morgan fingerprint density at radius 1 is 1.08 bits per heavy atom. The molecule has 0 saturated carbocycles. The highest BCUT2D eigenvalue weighted by Crippen LogP contribution is 2.23. The maximum atomic E-state index is 12.1. The van der Waals surface area contributed by atoms with E-state index in [2.05, 4.69) is 4.74 Å². The topological polar surface area (TPSA) is 61.8 Å². The lowest BCUT2D eigenvalue weighted by atomic mass is 10.2. The number of methoxy groups -OCH3 is 1. The third-order valence-electron chi connectivity index (χ3n) is 3.27. The van der Waals surface area contributed by atoms with Gasteiger partial charge in [-0.25, -0.2) is 9.59 Å². The van der Waals surface area contributed by atoms with Gasteiger partial charge >= 0.3 is 11.9 Å². The molecule has 0 aromatic heterocycles. The molecule has 0 fully saturated rings. The number of carbonyl (C=O) groups is 2. The van der Waals surface area contributed by atoms with Crippen LogP contribution in [0.4, 0.5) is 0 Å². The molecular weight excluding hydrogens is 332 g/mol. The van der Waals surface area contributed by atoms with Crippen LogP contribution in [-0.4, -0.2) is 25.2 Å². The van der Waals surface area contributed by atoms with E-state index in [9.17, 15) is 9.59 Å². The standard InChI is InChI=1S/C18H17ClO5/c1-11-10-14(19)6-9-16(11)23-12(2)17(20)24-15-7-4-13(5-8-15)18(21)22-3/h4-10,12H,1-3H3/t12-/m0/s1. The van der Waals surface area contributed by atoms with Crippen molar-refractivity contribution in [3.63, 3.8) is 0 Å². The van der Waals surface area contributed by atoms with E-state index in [0.29, 0.717) is 22.1 Å². The van der Waals surface area contributed by atoms with Gasteiger partial charge in [-0.2, -0.15) is 0 Å². The third-order valence-corrected chi connectivity index (χ3v) is 3.50. The Hall–Kier alpha value is -2.53. The van der Waals surface area contributed by atoms with E-state index in [1.807, 2.05) is 6.92 Å². The first-order valence-corrected chi connectivity index (χ1v) is 7.61. The predicted octanol–water partition coefficient (Wildman–Crippen LogP) is 3.81. The van der Waals surface area contributed by atoms with Gasteiger partial charge in [-0.3, -0.25) is 0 Å². The van der Waals surface area contributed by atoms with Gasteiger partial charge in [0, 0.05) is 5.02 Å². The predicted molar refractivity (Wildman–Crippen MR) is 89.7 cm³/mol. The zero-order valence-electron chi connectivity index (χ0n) is 13.5. The molecule has 0 spiro atoms. The second-order valence-corrected chi connectivity index (χ2v) is 5.54. The van der Waals surface area contributed by atoms with Crippen molar-refractivity contribution in [1.82, 2.24) is 0 Å². The monoisotopic (exact) mass is 348 g/mol. The SMILES string of the molecule is COC(=O)c1ccc(OC(=O)[C@H](C)Oc2ccc(Cl)cc2C)cc1. The third kappa shape index (κ3) is 4.49. The Balaban J connectivity index is 1.99. The van der Waals surface area contributed by atoms with Crippen LogP contribution in [0.15, 0.2) is 42.5 Å². The minimum atomic E-state index is -0.801. The second-order valence-electron chi connectivity index (χ2n) is 5.11. The number of benzene rings is 2. The fourth-order valence-corrected chi connectivity index (χ4v) is 2.19. The summed E-state index contributed by atoms with van der Waals surface area (Å²) in [6.07, 6.45) is -0.801. The van der Waals surface area contributed by atoms with Crippen molar-refractivity contribution in [2.45, 2.75) is 20.0 Å². The number of halogens is 1. The minimum absolute atomic E-state index is 0.316. The van der Waals surface area contributed by atoms with Crippen LogP contribution in [0.5, 0.6) is 11.5 Å². The van der Waals surface area contributed by atoms with E-state index in [1.54, 1.807) is 25.1 Å². The largest absolute Gasteiger partial charge is 0.479 e. The summed E-state index contributed by atoms with van der Waals surface area (Å²) in [6, 6.07) is 11.2. The summed E-state index contributed by atoms with van der Waals surface area (Å²) >= 11 is 5.89. The molecule has 0 saturated heterocycles. The smallest absolute Gasteiger partial charge is 0.352 e. The molecule has 24 heavy (non-hydrogen) atoms. The van der Waals surface area contributed by atoms with Crippen molar-refractivity contribution in [2.24, 2.45) is 0 Å². The molecule has 1 atom stereocenters. The summed E-state index contributed by atoms with van der Waals surface area (Å²) in [7, 11) is 1.30. The average molecular weight is 349 g/mol. The van der Waals surface area contributed by atoms with Gasteiger partial charge in [0.2, 0.25) is 0 Å². The van der Waals surface area contributed by atoms with Crippen molar-refractivity contribution >= 4 is 23.5 Å². The Kier molecular flexibility index (Phi) is 5.82. The molecule has 0 heterocycles. The molecule has 2 aromatic carbocycles. The first kappa shape index (κ1) is 17.8. The highest BCUT2D eigenvalue weighted by Gasteiger charge is 2.18. The van der Waals surface area contributed by atoms with Crippen LogP contribution >= 0.6 is 11.6 Å². The fraction of sp³-hybridized carbons (Fsp3) is 0.222. The zero-order chi connectivity index (χ0) is 17.7. The molecule has 2 rings (SSSR count). The summed E-state index contributed by atoms with van der Waals surface area (Å²) in [5.74, 6) is -0.126. The summed E-state index contributed by atoms with van der Waals surface area (Å²) in [6.45, 7) is 3.43. The summed E-state index contributed by atoms with van der Waals surface area (Å²) in [4.78, 5) is 23.5. The van der Waals surface area contributed by atoms with Crippen LogP contribution in [-0.2, 0) is 9.53 Å². The number of hydrogen-bond donors (Lipinski definition) is 0. The lowest BCUT2D eigenvalue weighted by Gasteiger charge is -2.15. The van der Waals surface area contributed by atoms with Gasteiger partial charge in [0.25, 0.3) is 0 Å². The molecule has 0 bridgehead atoms. The molecule has 2 aromatic rings. The van der Waals surface area contributed by atoms with Gasteiger partial charge in [0.05, 0.1) is 12.7 Å². The van der Waals surface area contributed by atoms with Gasteiger partial charge in [-0.1, -0.05) is 11.6 Å². The van der Waals surface area contributed by atoms with Crippen LogP contribution in [0.3, 0.4) is 0 Å². The molecule has 0 unspecified atom stereocenters. The Labute approximate surface area is 145 Å². The van der Waals surface area contributed by atoms with Crippen molar-refractivity contribution in [2.75, 3.05) is 7.11 Å². The number of esters is 2. The maximum Gasteiger partial charge on any atom is 0.352 e. The zero-order valence-corrected chi connectivity index (χ0v) is 14.3. The van der Waals surface area contributed by atoms with E-state index in [1.165, 1.54) is 31.4 Å². The summed E-state index contributed by atoms with van der Waals surface area (Å²) in [5, 5.41) is 0.598. The number of aryl methyl sites for hydroxylation is 1. The molecular formula is C18H17ClO5. The molecule has 0 N–H and O–H groups in total. The molecule has 0 radical (unpaired) electrons. The van der Waals surface area contributed by atoms with Gasteiger partial charge < -0.3 is 14.2 Å². The Bertz CT molecular complexity index is 740. The highest BCUT2D eigenvalue weighted by molar-refractivity contribution is 6.30. The first-order valence-electron chi connectivity index (χ1n) is 7.23. The molecule has 126 valence electrons. The van der Waals surface area contributed by atoms with Gasteiger partial charge in [0.1, 0.15) is 11.5 Å². The average Bonchev–Trinajstić information content (AvgIpc) is 2.57. The van der Waals surface area contributed by atoms with E-state index in [-0.39, 0.29) is 0 Å². The minimum Gasteiger partial charge on any atom is -0.479 e. The molecule has 5 nitrogen and oxygen atoms in total. The molecule has 0 amide bonds. The lowest BCUT2D eigenvalue weighted by molar-refractivity contribution is -0.141. The number of hydrogen-bond acceptors (Lipinski definition) is 5. The Morgan fingerprint density at radius 2 is 1.75 bits per heavy atom. The molecule has 6 heteroatoms. The van der Waals surface area contributed by atoms with Crippen LogP contribution < -0.4 is 9.47 Å². The number of rotatable bonds is 5. The van der Waals surface area contributed by atoms with Crippen molar-refractivity contribution in [1.29, 1.82) is 0 Å². The van der Waals surface area contributed by atoms with Crippen molar-refractivity contribution in [3.05, 3.63) is 58.6 Å². The normalized spacial score (nSPS) is 11.5. The fourth-order valence-electron chi connectivity index (χ4n) is 1.96. The van der Waals surface area contributed by atoms with Gasteiger partial charge in [-0.15, -0.1) is 0 Å². The van der Waals surface area contributed by atoms with Gasteiger partial charge in [0.15, 0.2) is 6.10 Å². The number of ether oxygens (including phenoxy) is 3. The van der Waals surface area contributed by atoms with Gasteiger partial charge in [-0.05, 0) is 61.9 Å². The van der Waals surface area contributed by atoms with E-state index >= 15 is 0 Å². The quantitative estimate of drug-likeness (QED) is 0.607. The Morgan fingerprint density at radius 3 is 2.33 bits per heavy atom. The van der Waals surface area contributed by atoms with E-state index in [4.69, 9.17) is 21.1 Å². The lowest BCUT2D eigenvalue weighted by Crippen LogP contribution is -2.28. The van der Waals surface area contributed by atoms with Crippen LogP contribution in [0, 0.1) is 6.92 Å². The van der Waals surface area contributed by atoms with Crippen molar-refractivity contribution < 1.29 is 23.8 Å².